The van der Waals surface area contributed by atoms with Crippen molar-refractivity contribution in [1.82, 2.24) is 34.3 Å². The fourth-order valence-corrected chi connectivity index (χ4v) is 5.51. The molecule has 2 aliphatic rings. The van der Waals surface area contributed by atoms with E-state index in [1.54, 1.807) is 37.8 Å². The fraction of sp³-hybridized carbons (Fsp3) is 0.300. The number of aromatic nitrogens is 7. The molecule has 0 spiro atoms. The molecule has 5 heterocycles. The van der Waals surface area contributed by atoms with E-state index in [0.717, 1.165) is 53.8 Å². The number of hydrogen-bond donors (Lipinski definition) is 2. The van der Waals surface area contributed by atoms with Gasteiger partial charge < -0.3 is 15.1 Å². The highest BCUT2D eigenvalue weighted by Gasteiger charge is 2.31. The van der Waals surface area contributed by atoms with Gasteiger partial charge in [-0.25, -0.2) is 23.9 Å². The number of aliphatic hydroxyl groups is 2. The third-order valence-electron chi connectivity index (χ3n) is 8.28. The minimum absolute atomic E-state index is 0.0496. The van der Waals surface area contributed by atoms with Crippen molar-refractivity contribution >= 4 is 16.9 Å². The smallest absolute Gasteiger partial charge is 0.156 e. The SMILES string of the molecule is C[C@](O)(c1ccc(F)cc1)c1cnc(C2=CCN(c3ncnn4cc(-c5cnn([C@@H]6CC[C@H]6O)c5)cc34)CC2)nc1. The van der Waals surface area contributed by atoms with Gasteiger partial charge in [-0.2, -0.15) is 10.2 Å². The lowest BCUT2D eigenvalue weighted by atomic mass is 9.89. The molecule has 0 unspecified atom stereocenters. The molecule has 0 radical (unpaired) electrons. The van der Waals surface area contributed by atoms with Crippen molar-refractivity contribution in [1.29, 1.82) is 0 Å². The van der Waals surface area contributed by atoms with E-state index in [0.29, 0.717) is 23.5 Å². The van der Waals surface area contributed by atoms with Crippen LogP contribution in [0.4, 0.5) is 10.2 Å². The van der Waals surface area contributed by atoms with Crippen molar-refractivity contribution in [3.8, 4) is 11.1 Å². The molecular weight excluding hydrogens is 523 g/mol. The number of benzene rings is 1. The lowest BCUT2D eigenvalue weighted by Crippen LogP contribution is -2.33. The number of rotatable bonds is 6. The Morgan fingerprint density at radius 2 is 1.76 bits per heavy atom. The maximum Gasteiger partial charge on any atom is 0.156 e. The van der Waals surface area contributed by atoms with E-state index >= 15 is 0 Å². The van der Waals surface area contributed by atoms with Gasteiger partial charge in [0.25, 0.3) is 0 Å². The summed E-state index contributed by atoms with van der Waals surface area (Å²) in [6.07, 6.45) is 14.9. The maximum absolute atomic E-state index is 13.3. The Balaban J connectivity index is 1.09. The van der Waals surface area contributed by atoms with Crippen LogP contribution in [0.15, 0.2) is 73.7 Å². The molecular formula is C30H29FN8O2. The molecule has 1 aliphatic carbocycles. The van der Waals surface area contributed by atoms with Gasteiger partial charge in [0.2, 0.25) is 0 Å². The number of fused-ring (bicyclic) bond motifs is 1. The van der Waals surface area contributed by atoms with Crippen molar-refractivity contribution < 1.29 is 14.6 Å². The average molecular weight is 553 g/mol. The molecule has 1 aliphatic heterocycles. The summed E-state index contributed by atoms with van der Waals surface area (Å²) in [5.41, 5.74) is 3.66. The van der Waals surface area contributed by atoms with Crippen LogP contribution in [-0.2, 0) is 5.60 Å². The van der Waals surface area contributed by atoms with Crippen LogP contribution in [0.3, 0.4) is 0 Å². The van der Waals surface area contributed by atoms with E-state index in [9.17, 15) is 14.6 Å². The number of nitrogens with zero attached hydrogens (tertiary/aromatic N) is 8. The van der Waals surface area contributed by atoms with Crippen LogP contribution in [0.5, 0.6) is 0 Å². The average Bonchev–Trinajstić information content (AvgIpc) is 3.64. The summed E-state index contributed by atoms with van der Waals surface area (Å²) in [5.74, 6) is 1.11. The Hall–Kier alpha value is -4.48. The van der Waals surface area contributed by atoms with Gasteiger partial charge in [0.15, 0.2) is 11.6 Å². The van der Waals surface area contributed by atoms with Crippen LogP contribution in [0.1, 0.15) is 49.2 Å². The minimum Gasteiger partial charge on any atom is -0.391 e. The summed E-state index contributed by atoms with van der Waals surface area (Å²) in [4.78, 5) is 15.9. The Bertz CT molecular complexity index is 1740. The van der Waals surface area contributed by atoms with E-state index in [-0.39, 0.29) is 18.0 Å². The summed E-state index contributed by atoms with van der Waals surface area (Å²) < 4.78 is 17.0. The molecule has 41 heavy (non-hydrogen) atoms. The highest BCUT2D eigenvalue weighted by atomic mass is 19.1. The van der Waals surface area contributed by atoms with Gasteiger partial charge in [-0.15, -0.1) is 0 Å². The second-order valence-corrected chi connectivity index (χ2v) is 10.9. The van der Waals surface area contributed by atoms with Gasteiger partial charge in [0, 0.05) is 54.6 Å². The van der Waals surface area contributed by atoms with Crippen molar-refractivity contribution in [2.45, 2.75) is 43.9 Å². The monoisotopic (exact) mass is 552 g/mol. The molecule has 10 nitrogen and oxygen atoms in total. The third kappa shape index (κ3) is 4.56. The fourth-order valence-electron chi connectivity index (χ4n) is 5.51. The summed E-state index contributed by atoms with van der Waals surface area (Å²) in [6.45, 7) is 3.02. The van der Waals surface area contributed by atoms with Gasteiger partial charge in [-0.1, -0.05) is 18.2 Å². The summed E-state index contributed by atoms with van der Waals surface area (Å²) in [6, 6.07) is 7.90. The Labute approximate surface area is 235 Å². The van der Waals surface area contributed by atoms with Crippen molar-refractivity contribution in [3.05, 3.63) is 96.5 Å². The van der Waals surface area contributed by atoms with Gasteiger partial charge in [-0.05, 0) is 55.5 Å². The summed E-state index contributed by atoms with van der Waals surface area (Å²) >= 11 is 0. The first kappa shape index (κ1) is 25.5. The van der Waals surface area contributed by atoms with E-state index in [1.165, 1.54) is 12.1 Å². The van der Waals surface area contributed by atoms with Gasteiger partial charge in [0.05, 0.1) is 18.3 Å². The first-order chi connectivity index (χ1) is 19.9. The molecule has 1 aromatic carbocycles. The molecule has 11 heteroatoms. The Morgan fingerprint density at radius 3 is 2.44 bits per heavy atom. The summed E-state index contributed by atoms with van der Waals surface area (Å²) in [7, 11) is 0. The van der Waals surface area contributed by atoms with Crippen molar-refractivity contribution in [2.75, 3.05) is 18.0 Å². The molecule has 0 amide bonds. The zero-order valence-corrected chi connectivity index (χ0v) is 22.5. The van der Waals surface area contributed by atoms with Crippen LogP contribution >= 0.6 is 0 Å². The lowest BCUT2D eigenvalue weighted by Gasteiger charge is -2.32. The molecule has 7 rings (SSSR count). The standard InChI is InChI=1S/C30H29FN8O2/c1-30(41,22-2-4-24(31)5-3-22)23-14-32-28(33-15-23)19-8-10-37(11-9-19)29-26-12-20(16-39(26)36-18-34-29)21-13-35-38(17-21)25-6-7-27(25)40/h2-5,8,12-18,25,27,40-41H,6-7,9-11H2,1H3/t25-,27-,30+/m1/s1. The van der Waals surface area contributed by atoms with Crippen LogP contribution in [0, 0.1) is 5.82 Å². The number of hydrogen-bond acceptors (Lipinski definition) is 8. The normalized spacial score (nSPS) is 20.5. The molecule has 4 aromatic heterocycles. The second kappa shape index (κ2) is 9.86. The van der Waals surface area contributed by atoms with E-state index < -0.39 is 5.60 Å². The van der Waals surface area contributed by atoms with Gasteiger partial charge >= 0.3 is 0 Å². The first-order valence-corrected chi connectivity index (χ1v) is 13.7. The molecule has 208 valence electrons. The maximum atomic E-state index is 13.3. The molecule has 0 bridgehead atoms. The Kier molecular flexibility index (Phi) is 6.13. The molecule has 2 N–H and O–H groups in total. The minimum atomic E-state index is -1.34. The van der Waals surface area contributed by atoms with Crippen LogP contribution in [0.2, 0.25) is 0 Å². The topological polar surface area (TPSA) is 117 Å². The number of halogens is 1. The van der Waals surface area contributed by atoms with E-state index in [1.807, 2.05) is 27.8 Å². The van der Waals surface area contributed by atoms with Crippen LogP contribution < -0.4 is 4.90 Å². The highest BCUT2D eigenvalue weighted by molar-refractivity contribution is 5.78. The predicted octanol–water partition coefficient (Wildman–Crippen LogP) is 3.77. The largest absolute Gasteiger partial charge is 0.391 e. The molecule has 0 saturated heterocycles. The van der Waals surface area contributed by atoms with Gasteiger partial charge in [0.1, 0.15) is 23.3 Å². The number of anilines is 1. The second-order valence-electron chi connectivity index (χ2n) is 10.9. The van der Waals surface area contributed by atoms with E-state index in [4.69, 9.17) is 0 Å². The van der Waals surface area contributed by atoms with Crippen LogP contribution in [0.25, 0.3) is 22.2 Å². The highest BCUT2D eigenvalue weighted by Crippen LogP contribution is 2.34. The van der Waals surface area contributed by atoms with Crippen molar-refractivity contribution in [3.63, 3.8) is 0 Å². The first-order valence-electron chi connectivity index (χ1n) is 13.7. The van der Waals surface area contributed by atoms with Crippen molar-refractivity contribution in [2.24, 2.45) is 0 Å². The Morgan fingerprint density at radius 1 is 0.951 bits per heavy atom. The third-order valence-corrected chi connectivity index (χ3v) is 8.28. The molecule has 1 saturated carbocycles. The van der Waals surface area contributed by atoms with Crippen LogP contribution in [-0.4, -0.2) is 63.8 Å². The zero-order valence-electron chi connectivity index (χ0n) is 22.5. The molecule has 3 atom stereocenters. The number of aliphatic hydroxyl groups excluding tert-OH is 1. The summed E-state index contributed by atoms with van der Waals surface area (Å²) in [5, 5.41) is 30.0. The molecule has 5 aromatic rings. The zero-order chi connectivity index (χ0) is 28.1. The quantitative estimate of drug-likeness (QED) is 0.327. The molecule has 1 fully saturated rings. The van der Waals surface area contributed by atoms with Gasteiger partial charge in [-0.3, -0.25) is 4.68 Å². The van der Waals surface area contributed by atoms with E-state index in [2.05, 4.69) is 42.2 Å². The predicted molar refractivity (Wildman–Crippen MR) is 150 cm³/mol. The lowest BCUT2D eigenvalue weighted by molar-refractivity contribution is 0.0254.